The number of hydrogen-bond acceptors (Lipinski definition) is 4. The van der Waals surface area contributed by atoms with Gasteiger partial charge in [-0.2, -0.15) is 0 Å². The molecule has 2 aromatic rings. The second kappa shape index (κ2) is 7.83. The number of imide groups is 1. The van der Waals surface area contributed by atoms with Gasteiger partial charge in [-0.1, -0.05) is 49.2 Å². The molecule has 1 atom stereocenters. The van der Waals surface area contributed by atoms with Crippen molar-refractivity contribution < 1.29 is 14.4 Å². The molecule has 29 heavy (non-hydrogen) atoms. The van der Waals surface area contributed by atoms with Crippen LogP contribution in [-0.2, 0) is 9.59 Å². The second-order valence-corrected chi connectivity index (χ2v) is 7.89. The second-order valence-electron chi connectivity index (χ2n) is 7.89. The van der Waals surface area contributed by atoms with Gasteiger partial charge < -0.3 is 16.4 Å². The maximum absolute atomic E-state index is 12.7. The van der Waals surface area contributed by atoms with Crippen LogP contribution in [-0.4, -0.2) is 41.4 Å². The van der Waals surface area contributed by atoms with E-state index in [2.05, 4.69) is 10.6 Å². The molecule has 2 aliphatic rings. The van der Waals surface area contributed by atoms with Crippen molar-refractivity contribution in [1.29, 1.82) is 0 Å². The zero-order valence-corrected chi connectivity index (χ0v) is 16.3. The van der Waals surface area contributed by atoms with Crippen LogP contribution in [0, 0.1) is 0 Å². The lowest BCUT2D eigenvalue weighted by Crippen LogP contribution is -2.44. The standard InChI is InChI=1S/C22H26N4O3/c23-14-18(17-8-7-15-5-1-2-6-16(15)13-17)24-19(27)9-12-26-20(28)22(25-21(26)29)10-3-4-11-22/h1-2,5-8,13,18H,3-4,9-12,14,23H2,(H,24,27)(H,25,29). The topological polar surface area (TPSA) is 105 Å². The van der Waals surface area contributed by atoms with Crippen molar-refractivity contribution in [3.8, 4) is 0 Å². The number of carbonyl (C=O) groups excluding carboxylic acids is 3. The Labute approximate surface area is 169 Å². The van der Waals surface area contributed by atoms with Crippen LogP contribution in [0.5, 0.6) is 0 Å². The fourth-order valence-electron chi connectivity index (χ4n) is 4.38. The summed E-state index contributed by atoms with van der Waals surface area (Å²) in [4.78, 5) is 38.6. The Morgan fingerprint density at radius 2 is 1.86 bits per heavy atom. The first-order chi connectivity index (χ1) is 14.0. The summed E-state index contributed by atoms with van der Waals surface area (Å²) in [6.45, 7) is 0.337. The minimum absolute atomic E-state index is 0.0549. The van der Waals surface area contributed by atoms with Gasteiger partial charge >= 0.3 is 6.03 Å². The molecule has 1 saturated carbocycles. The van der Waals surface area contributed by atoms with Gasteiger partial charge in [0.15, 0.2) is 0 Å². The average Bonchev–Trinajstić information content (AvgIpc) is 3.29. The highest BCUT2D eigenvalue weighted by molar-refractivity contribution is 6.07. The summed E-state index contributed by atoms with van der Waals surface area (Å²) in [5.41, 5.74) is 6.09. The van der Waals surface area contributed by atoms with Crippen molar-refractivity contribution in [2.24, 2.45) is 5.73 Å². The summed E-state index contributed by atoms with van der Waals surface area (Å²) in [6, 6.07) is 13.3. The Morgan fingerprint density at radius 3 is 2.59 bits per heavy atom. The normalized spacial score (nSPS) is 19.0. The van der Waals surface area contributed by atoms with Crippen molar-refractivity contribution in [1.82, 2.24) is 15.5 Å². The molecule has 1 saturated heterocycles. The predicted octanol–water partition coefficient (Wildman–Crippen LogP) is 2.21. The molecule has 4 amide bonds. The number of nitrogens with zero attached hydrogens (tertiary/aromatic N) is 1. The summed E-state index contributed by atoms with van der Waals surface area (Å²) < 4.78 is 0. The molecular weight excluding hydrogens is 368 g/mol. The van der Waals surface area contributed by atoms with Crippen LogP contribution < -0.4 is 16.4 Å². The van der Waals surface area contributed by atoms with Crippen LogP contribution in [0.4, 0.5) is 4.79 Å². The van der Waals surface area contributed by atoms with E-state index in [1.165, 1.54) is 4.90 Å². The largest absolute Gasteiger partial charge is 0.348 e. The van der Waals surface area contributed by atoms with E-state index in [-0.39, 0.29) is 37.4 Å². The maximum Gasteiger partial charge on any atom is 0.325 e. The predicted molar refractivity (Wildman–Crippen MR) is 110 cm³/mol. The molecule has 1 aliphatic heterocycles. The molecule has 2 fully saturated rings. The first-order valence-corrected chi connectivity index (χ1v) is 10.1. The molecule has 2 aromatic carbocycles. The number of urea groups is 1. The van der Waals surface area contributed by atoms with Gasteiger partial charge in [0, 0.05) is 19.5 Å². The van der Waals surface area contributed by atoms with Crippen molar-refractivity contribution in [2.75, 3.05) is 13.1 Å². The van der Waals surface area contributed by atoms with Gasteiger partial charge in [0.1, 0.15) is 5.54 Å². The Kier molecular flexibility index (Phi) is 5.24. The highest BCUT2D eigenvalue weighted by Crippen LogP contribution is 2.35. The van der Waals surface area contributed by atoms with Crippen molar-refractivity contribution in [3.05, 3.63) is 48.0 Å². The third kappa shape index (κ3) is 3.70. The van der Waals surface area contributed by atoms with E-state index in [0.717, 1.165) is 29.2 Å². The fourth-order valence-corrected chi connectivity index (χ4v) is 4.38. The number of carbonyl (C=O) groups is 3. The summed E-state index contributed by atoms with van der Waals surface area (Å²) in [5, 5.41) is 7.97. The zero-order chi connectivity index (χ0) is 20.4. The zero-order valence-electron chi connectivity index (χ0n) is 16.3. The van der Waals surface area contributed by atoms with Gasteiger partial charge in [-0.15, -0.1) is 0 Å². The third-order valence-electron chi connectivity index (χ3n) is 6.01. The van der Waals surface area contributed by atoms with Gasteiger partial charge in [0.25, 0.3) is 5.91 Å². The molecule has 1 spiro atoms. The van der Waals surface area contributed by atoms with E-state index in [1.54, 1.807) is 0 Å². The van der Waals surface area contributed by atoms with Crippen molar-refractivity contribution in [2.45, 2.75) is 43.7 Å². The number of rotatable bonds is 6. The monoisotopic (exact) mass is 394 g/mol. The Bertz CT molecular complexity index is 952. The SMILES string of the molecule is NCC(NC(=O)CCN1C(=O)NC2(CCCC2)C1=O)c1ccc2ccccc2c1. The van der Waals surface area contributed by atoms with Gasteiger partial charge in [0.2, 0.25) is 5.91 Å². The average molecular weight is 394 g/mol. The smallest absolute Gasteiger partial charge is 0.325 e. The van der Waals surface area contributed by atoms with Gasteiger partial charge in [-0.05, 0) is 35.2 Å². The lowest BCUT2D eigenvalue weighted by atomic mass is 9.98. The minimum Gasteiger partial charge on any atom is -0.348 e. The van der Waals surface area contributed by atoms with Crippen LogP contribution in [0.2, 0.25) is 0 Å². The summed E-state index contributed by atoms with van der Waals surface area (Å²) in [7, 11) is 0. The number of amides is 4. The van der Waals surface area contributed by atoms with Crippen LogP contribution in [0.15, 0.2) is 42.5 Å². The van der Waals surface area contributed by atoms with Crippen molar-refractivity contribution in [3.63, 3.8) is 0 Å². The first-order valence-electron chi connectivity index (χ1n) is 10.1. The van der Waals surface area contributed by atoms with Crippen LogP contribution in [0.25, 0.3) is 10.8 Å². The number of fused-ring (bicyclic) bond motifs is 1. The van der Waals surface area contributed by atoms with E-state index < -0.39 is 11.6 Å². The Balaban J connectivity index is 1.38. The van der Waals surface area contributed by atoms with Crippen LogP contribution in [0.3, 0.4) is 0 Å². The Morgan fingerprint density at radius 1 is 1.14 bits per heavy atom. The van der Waals surface area contributed by atoms with Crippen molar-refractivity contribution >= 4 is 28.6 Å². The van der Waals surface area contributed by atoms with Crippen LogP contribution >= 0.6 is 0 Å². The molecule has 7 nitrogen and oxygen atoms in total. The summed E-state index contributed by atoms with van der Waals surface area (Å²) >= 11 is 0. The third-order valence-corrected chi connectivity index (χ3v) is 6.01. The summed E-state index contributed by atoms with van der Waals surface area (Å²) in [5.74, 6) is -0.431. The van der Waals surface area contributed by atoms with E-state index in [1.807, 2.05) is 42.5 Å². The lowest BCUT2D eigenvalue weighted by Gasteiger charge is -2.21. The number of nitrogens with one attached hydrogen (secondary N) is 2. The molecule has 152 valence electrons. The quantitative estimate of drug-likeness (QED) is 0.653. The van der Waals surface area contributed by atoms with Crippen LogP contribution in [0.1, 0.15) is 43.7 Å². The lowest BCUT2D eigenvalue weighted by molar-refractivity contribution is -0.131. The highest BCUT2D eigenvalue weighted by atomic mass is 16.2. The molecule has 0 radical (unpaired) electrons. The molecule has 0 aromatic heterocycles. The number of hydrogen-bond donors (Lipinski definition) is 3. The summed E-state index contributed by atoms with van der Waals surface area (Å²) in [6.07, 6.45) is 3.28. The maximum atomic E-state index is 12.7. The highest BCUT2D eigenvalue weighted by Gasteiger charge is 2.52. The Hall–Kier alpha value is -2.93. The molecule has 7 heteroatoms. The number of benzene rings is 2. The molecule has 1 aliphatic carbocycles. The fraction of sp³-hybridized carbons (Fsp3) is 0.409. The van der Waals surface area contributed by atoms with E-state index in [0.29, 0.717) is 12.8 Å². The van der Waals surface area contributed by atoms with Gasteiger partial charge in [-0.3, -0.25) is 14.5 Å². The number of nitrogens with two attached hydrogens (primary N) is 1. The van der Waals surface area contributed by atoms with Gasteiger partial charge in [-0.25, -0.2) is 4.79 Å². The van der Waals surface area contributed by atoms with E-state index in [9.17, 15) is 14.4 Å². The molecule has 0 bridgehead atoms. The van der Waals surface area contributed by atoms with E-state index in [4.69, 9.17) is 5.73 Å². The minimum atomic E-state index is -0.738. The molecular formula is C22H26N4O3. The molecule has 4 rings (SSSR count). The first kappa shape index (κ1) is 19.4. The van der Waals surface area contributed by atoms with Gasteiger partial charge in [0.05, 0.1) is 6.04 Å². The molecule has 4 N–H and O–H groups in total. The molecule has 1 heterocycles. The van der Waals surface area contributed by atoms with E-state index >= 15 is 0 Å². The molecule has 1 unspecified atom stereocenters.